The third-order valence-electron chi connectivity index (χ3n) is 2.75. The summed E-state index contributed by atoms with van der Waals surface area (Å²) in [5.74, 6) is 0.908. The minimum Gasteiger partial charge on any atom is -0.497 e. The fraction of sp³-hybridized carbons (Fsp3) is 0.417. The quantitative estimate of drug-likeness (QED) is 0.739. The van der Waals surface area contributed by atoms with Crippen LogP contribution in [0.1, 0.15) is 24.9 Å². The van der Waals surface area contributed by atoms with Crippen molar-refractivity contribution in [2.45, 2.75) is 19.4 Å². The zero-order valence-corrected chi connectivity index (χ0v) is 9.40. The molecule has 1 heterocycles. The number of rotatable bonds is 2. The summed E-state index contributed by atoms with van der Waals surface area (Å²) in [6.45, 7) is 2.07. The van der Waals surface area contributed by atoms with Crippen LogP contribution < -0.4 is 4.74 Å². The summed E-state index contributed by atoms with van der Waals surface area (Å²) >= 11 is 0. The molecular weight excluding hydrogens is 188 g/mol. The molecular formula is C12H16N2O. The van der Waals surface area contributed by atoms with E-state index in [1.807, 2.05) is 24.2 Å². The van der Waals surface area contributed by atoms with E-state index in [0.717, 1.165) is 12.2 Å². The SMILES string of the molecule is COc1cccc(C2CC(C)=NN2C)c1. The van der Waals surface area contributed by atoms with Crippen LogP contribution in [0.2, 0.25) is 0 Å². The Balaban J connectivity index is 2.23. The zero-order chi connectivity index (χ0) is 10.8. The van der Waals surface area contributed by atoms with Crippen LogP contribution in [0.3, 0.4) is 0 Å². The molecule has 0 saturated heterocycles. The zero-order valence-electron chi connectivity index (χ0n) is 9.40. The predicted molar refractivity (Wildman–Crippen MR) is 61.2 cm³/mol. The Morgan fingerprint density at radius 1 is 1.47 bits per heavy atom. The van der Waals surface area contributed by atoms with Crippen molar-refractivity contribution >= 4 is 5.71 Å². The molecule has 0 saturated carbocycles. The van der Waals surface area contributed by atoms with Gasteiger partial charge in [0, 0.05) is 19.2 Å². The average molecular weight is 204 g/mol. The molecule has 0 N–H and O–H groups in total. The van der Waals surface area contributed by atoms with Crippen LogP contribution >= 0.6 is 0 Å². The number of nitrogens with zero attached hydrogens (tertiary/aromatic N) is 2. The Kier molecular flexibility index (Phi) is 2.62. The lowest BCUT2D eigenvalue weighted by Crippen LogP contribution is -2.13. The third-order valence-corrected chi connectivity index (χ3v) is 2.75. The van der Waals surface area contributed by atoms with Crippen molar-refractivity contribution in [2.75, 3.05) is 14.2 Å². The van der Waals surface area contributed by atoms with E-state index in [0.29, 0.717) is 6.04 Å². The van der Waals surface area contributed by atoms with Crippen molar-refractivity contribution in [3.63, 3.8) is 0 Å². The predicted octanol–water partition coefficient (Wildman–Crippen LogP) is 2.45. The van der Waals surface area contributed by atoms with Gasteiger partial charge in [0.05, 0.1) is 13.2 Å². The minimum atomic E-state index is 0.361. The number of methoxy groups -OCH3 is 1. The van der Waals surface area contributed by atoms with Gasteiger partial charge in [0.25, 0.3) is 0 Å². The molecule has 0 spiro atoms. The molecule has 1 aromatic rings. The van der Waals surface area contributed by atoms with Crippen molar-refractivity contribution in [1.29, 1.82) is 0 Å². The molecule has 0 aliphatic carbocycles. The van der Waals surface area contributed by atoms with Crippen LogP contribution in [0.4, 0.5) is 0 Å². The Morgan fingerprint density at radius 2 is 2.27 bits per heavy atom. The van der Waals surface area contributed by atoms with E-state index < -0.39 is 0 Å². The monoisotopic (exact) mass is 204 g/mol. The van der Waals surface area contributed by atoms with Gasteiger partial charge in [-0.25, -0.2) is 0 Å². The van der Waals surface area contributed by atoms with Crippen LogP contribution in [-0.2, 0) is 0 Å². The van der Waals surface area contributed by atoms with Gasteiger partial charge in [0.1, 0.15) is 5.75 Å². The van der Waals surface area contributed by atoms with Gasteiger partial charge in [-0.15, -0.1) is 0 Å². The van der Waals surface area contributed by atoms with E-state index in [4.69, 9.17) is 4.74 Å². The summed E-state index contributed by atoms with van der Waals surface area (Å²) < 4.78 is 5.22. The topological polar surface area (TPSA) is 24.8 Å². The lowest BCUT2D eigenvalue weighted by atomic mass is 10.0. The first-order valence-electron chi connectivity index (χ1n) is 5.11. The molecule has 15 heavy (non-hydrogen) atoms. The Morgan fingerprint density at radius 3 is 2.87 bits per heavy atom. The van der Waals surface area contributed by atoms with Gasteiger partial charge in [0.2, 0.25) is 0 Å². The minimum absolute atomic E-state index is 0.361. The van der Waals surface area contributed by atoms with Gasteiger partial charge in [-0.2, -0.15) is 5.10 Å². The highest BCUT2D eigenvalue weighted by atomic mass is 16.5. The largest absolute Gasteiger partial charge is 0.497 e. The van der Waals surface area contributed by atoms with Gasteiger partial charge in [-0.3, -0.25) is 5.01 Å². The summed E-state index contributed by atoms with van der Waals surface area (Å²) in [6, 6.07) is 8.55. The number of hydrogen-bond acceptors (Lipinski definition) is 3. The van der Waals surface area contributed by atoms with Gasteiger partial charge in [0.15, 0.2) is 0 Å². The van der Waals surface area contributed by atoms with E-state index in [1.165, 1.54) is 11.3 Å². The van der Waals surface area contributed by atoms with E-state index in [2.05, 4.69) is 24.2 Å². The molecule has 0 aromatic heterocycles. The van der Waals surface area contributed by atoms with Crippen molar-refractivity contribution in [1.82, 2.24) is 5.01 Å². The second-order valence-corrected chi connectivity index (χ2v) is 3.91. The normalized spacial score (nSPS) is 20.3. The van der Waals surface area contributed by atoms with Gasteiger partial charge >= 0.3 is 0 Å². The van der Waals surface area contributed by atoms with E-state index in [1.54, 1.807) is 7.11 Å². The fourth-order valence-corrected chi connectivity index (χ4v) is 1.97. The van der Waals surface area contributed by atoms with E-state index in [9.17, 15) is 0 Å². The summed E-state index contributed by atoms with van der Waals surface area (Å²) in [5.41, 5.74) is 2.45. The summed E-state index contributed by atoms with van der Waals surface area (Å²) in [4.78, 5) is 0. The molecule has 1 aromatic carbocycles. The van der Waals surface area contributed by atoms with Gasteiger partial charge in [-0.05, 0) is 24.6 Å². The maximum atomic E-state index is 5.22. The van der Waals surface area contributed by atoms with Crippen LogP contribution in [0.5, 0.6) is 5.75 Å². The third kappa shape index (κ3) is 1.96. The fourth-order valence-electron chi connectivity index (χ4n) is 1.97. The molecule has 80 valence electrons. The average Bonchev–Trinajstić information content (AvgIpc) is 2.58. The van der Waals surface area contributed by atoms with Gasteiger partial charge < -0.3 is 4.74 Å². The Hall–Kier alpha value is -1.51. The highest BCUT2D eigenvalue weighted by Gasteiger charge is 2.22. The molecule has 1 aliphatic rings. The standard InChI is InChI=1S/C12H16N2O/c1-9-7-12(14(2)13-9)10-5-4-6-11(8-10)15-3/h4-6,8,12H,7H2,1-3H3. The molecule has 1 unspecified atom stereocenters. The highest BCUT2D eigenvalue weighted by Crippen LogP contribution is 2.30. The van der Waals surface area contributed by atoms with Crippen LogP contribution in [0.25, 0.3) is 0 Å². The van der Waals surface area contributed by atoms with Crippen molar-refractivity contribution in [2.24, 2.45) is 5.10 Å². The summed E-state index contributed by atoms with van der Waals surface area (Å²) in [5, 5.41) is 6.43. The Bertz CT molecular complexity index is 387. The second kappa shape index (κ2) is 3.93. The van der Waals surface area contributed by atoms with Crippen molar-refractivity contribution < 1.29 is 4.74 Å². The molecule has 1 aliphatic heterocycles. The van der Waals surface area contributed by atoms with Crippen LogP contribution in [0, 0.1) is 0 Å². The van der Waals surface area contributed by atoms with E-state index in [-0.39, 0.29) is 0 Å². The van der Waals surface area contributed by atoms with Crippen LogP contribution in [0.15, 0.2) is 29.4 Å². The number of hydrogen-bond donors (Lipinski definition) is 0. The maximum Gasteiger partial charge on any atom is 0.119 e. The molecule has 3 nitrogen and oxygen atoms in total. The molecule has 0 bridgehead atoms. The Labute approximate surface area is 90.4 Å². The van der Waals surface area contributed by atoms with Crippen molar-refractivity contribution in [3.8, 4) is 5.75 Å². The van der Waals surface area contributed by atoms with Crippen LogP contribution in [-0.4, -0.2) is 24.9 Å². The first kappa shape index (κ1) is 10.0. The highest BCUT2D eigenvalue weighted by molar-refractivity contribution is 5.83. The lowest BCUT2D eigenvalue weighted by molar-refractivity contribution is 0.289. The molecule has 1 atom stereocenters. The van der Waals surface area contributed by atoms with E-state index >= 15 is 0 Å². The number of ether oxygens (including phenoxy) is 1. The van der Waals surface area contributed by atoms with Crippen molar-refractivity contribution in [3.05, 3.63) is 29.8 Å². The lowest BCUT2D eigenvalue weighted by Gasteiger charge is -2.19. The first-order chi connectivity index (χ1) is 7.20. The summed E-state index contributed by atoms with van der Waals surface area (Å²) in [7, 11) is 3.71. The maximum absolute atomic E-state index is 5.22. The first-order valence-corrected chi connectivity index (χ1v) is 5.11. The molecule has 0 amide bonds. The molecule has 3 heteroatoms. The number of hydrazone groups is 1. The second-order valence-electron chi connectivity index (χ2n) is 3.91. The summed E-state index contributed by atoms with van der Waals surface area (Å²) in [6.07, 6.45) is 1.00. The van der Waals surface area contributed by atoms with Gasteiger partial charge in [-0.1, -0.05) is 12.1 Å². The molecule has 2 rings (SSSR count). The molecule has 0 radical (unpaired) electrons. The smallest absolute Gasteiger partial charge is 0.119 e. The molecule has 0 fully saturated rings. The number of benzene rings is 1.